The first-order valence-electron chi connectivity index (χ1n) is 15.9. The summed E-state index contributed by atoms with van der Waals surface area (Å²) in [7, 11) is 8.45. The van der Waals surface area contributed by atoms with Crippen LogP contribution in [0.3, 0.4) is 0 Å². The molecular formula is C40H41ClF2N4O. The van der Waals surface area contributed by atoms with Gasteiger partial charge < -0.3 is 26.5 Å². The molecule has 1 aliphatic rings. The molecule has 0 radical (unpaired) electrons. The monoisotopic (exact) mass is 666 g/mol. The van der Waals surface area contributed by atoms with Crippen molar-refractivity contribution in [1.82, 2.24) is 4.90 Å². The number of fused-ring (bicyclic) bond motifs is 1. The molecule has 4 aromatic rings. The largest absolute Gasteiger partial charge is 1.00 e. The zero-order valence-electron chi connectivity index (χ0n) is 27.9. The minimum Gasteiger partial charge on any atom is -1.00 e. The molecule has 0 aliphatic carbocycles. The quantitative estimate of drug-likeness (QED) is 0.202. The van der Waals surface area contributed by atoms with Crippen LogP contribution < -0.4 is 12.4 Å². The van der Waals surface area contributed by atoms with Crippen molar-refractivity contribution >= 4 is 5.57 Å². The van der Waals surface area contributed by atoms with Crippen LogP contribution in [0.25, 0.3) is 5.57 Å². The Bertz CT molecular complexity index is 1840. The summed E-state index contributed by atoms with van der Waals surface area (Å²) in [6, 6.07) is 29.2. The van der Waals surface area contributed by atoms with Crippen LogP contribution in [-0.4, -0.2) is 50.7 Å². The Hall–Kier alpha value is -4.37. The van der Waals surface area contributed by atoms with Gasteiger partial charge >= 0.3 is 0 Å². The molecule has 0 saturated carbocycles. The van der Waals surface area contributed by atoms with E-state index in [1.807, 2.05) is 62.6 Å². The molecule has 1 heterocycles. The number of rotatable bonds is 12. The Morgan fingerprint density at radius 2 is 1.52 bits per heavy atom. The van der Waals surface area contributed by atoms with Crippen molar-refractivity contribution < 1.29 is 30.4 Å². The highest BCUT2D eigenvalue weighted by molar-refractivity contribution is 5.81. The van der Waals surface area contributed by atoms with Crippen LogP contribution in [0.4, 0.5) is 8.78 Å². The third-order valence-corrected chi connectivity index (χ3v) is 8.95. The van der Waals surface area contributed by atoms with Crippen molar-refractivity contribution in [2.45, 2.75) is 38.0 Å². The molecule has 5 rings (SSSR count). The van der Waals surface area contributed by atoms with Crippen LogP contribution in [0.2, 0.25) is 0 Å². The summed E-state index contributed by atoms with van der Waals surface area (Å²) in [6.45, 7) is 2.74. The SMILES string of the molecule is CN(C)CC/C=C(/c1ccc(F)cc1)c1ccc(C#N)cc1C[N+](C)(C)CCCC1(c2ccc(F)cc2)OCc2cc(C#N)ccc21.[Cl-]. The van der Waals surface area contributed by atoms with E-state index in [-0.39, 0.29) is 24.0 Å². The van der Waals surface area contributed by atoms with Crippen molar-refractivity contribution in [3.63, 3.8) is 0 Å². The second-order valence-electron chi connectivity index (χ2n) is 13.2. The summed E-state index contributed by atoms with van der Waals surface area (Å²) in [5, 5.41) is 19.3. The fourth-order valence-electron chi connectivity index (χ4n) is 6.60. The Balaban J connectivity index is 0.00000520. The van der Waals surface area contributed by atoms with Gasteiger partial charge in [-0.15, -0.1) is 0 Å². The van der Waals surface area contributed by atoms with E-state index >= 15 is 0 Å². The normalized spacial score (nSPS) is 15.8. The maximum Gasteiger partial charge on any atom is 0.123 e. The molecule has 0 saturated heterocycles. The average Bonchev–Trinajstić information content (AvgIpc) is 3.42. The molecule has 0 spiro atoms. The molecule has 0 fully saturated rings. The molecule has 1 atom stereocenters. The van der Waals surface area contributed by atoms with Crippen LogP contribution >= 0.6 is 0 Å². The Kier molecular flexibility index (Phi) is 11.9. The summed E-state index contributed by atoms with van der Waals surface area (Å²) >= 11 is 0. The zero-order chi connectivity index (χ0) is 33.6. The summed E-state index contributed by atoms with van der Waals surface area (Å²) in [4.78, 5) is 2.13. The van der Waals surface area contributed by atoms with Crippen molar-refractivity contribution in [1.29, 1.82) is 10.5 Å². The van der Waals surface area contributed by atoms with Crippen LogP contribution in [0.15, 0.2) is 91.0 Å². The molecule has 0 bridgehead atoms. The molecule has 0 amide bonds. The second kappa shape index (κ2) is 15.7. The molecule has 0 aromatic heterocycles. The van der Waals surface area contributed by atoms with E-state index in [2.05, 4.69) is 37.2 Å². The van der Waals surface area contributed by atoms with Crippen molar-refractivity contribution in [3.05, 3.63) is 147 Å². The summed E-state index contributed by atoms with van der Waals surface area (Å²) < 4.78 is 35.1. The molecule has 0 N–H and O–H groups in total. The Labute approximate surface area is 289 Å². The van der Waals surface area contributed by atoms with Crippen LogP contribution in [-0.2, 0) is 23.5 Å². The third kappa shape index (κ3) is 8.37. The Morgan fingerprint density at radius 1 is 0.896 bits per heavy atom. The van der Waals surface area contributed by atoms with Gasteiger partial charge in [0.15, 0.2) is 0 Å². The second-order valence-corrected chi connectivity index (χ2v) is 13.2. The lowest BCUT2D eigenvalue weighted by atomic mass is 9.81. The summed E-state index contributed by atoms with van der Waals surface area (Å²) in [5.41, 5.74) is 7.37. The topological polar surface area (TPSA) is 60.1 Å². The van der Waals surface area contributed by atoms with Gasteiger partial charge in [-0.3, -0.25) is 0 Å². The van der Waals surface area contributed by atoms with Crippen LogP contribution in [0.5, 0.6) is 0 Å². The van der Waals surface area contributed by atoms with E-state index in [0.717, 1.165) is 64.9 Å². The molecule has 5 nitrogen and oxygen atoms in total. The smallest absolute Gasteiger partial charge is 0.123 e. The van der Waals surface area contributed by atoms with Gasteiger partial charge in [0, 0.05) is 12.1 Å². The lowest BCUT2D eigenvalue weighted by Crippen LogP contribution is -3.00. The van der Waals surface area contributed by atoms with Gasteiger partial charge in [-0.1, -0.05) is 42.5 Å². The number of nitrogens with zero attached hydrogens (tertiary/aromatic N) is 4. The highest BCUT2D eigenvalue weighted by Gasteiger charge is 2.42. The van der Waals surface area contributed by atoms with E-state index in [0.29, 0.717) is 35.2 Å². The van der Waals surface area contributed by atoms with E-state index < -0.39 is 5.60 Å². The molecular weight excluding hydrogens is 626 g/mol. The number of hydrogen-bond donors (Lipinski definition) is 0. The minimum atomic E-state index is -0.742. The molecule has 4 aromatic carbocycles. The number of nitriles is 2. The predicted octanol–water partition coefficient (Wildman–Crippen LogP) is 4.93. The third-order valence-electron chi connectivity index (χ3n) is 8.95. The van der Waals surface area contributed by atoms with Crippen molar-refractivity contribution in [2.24, 2.45) is 0 Å². The number of halogens is 3. The zero-order valence-corrected chi connectivity index (χ0v) is 28.7. The van der Waals surface area contributed by atoms with Gasteiger partial charge in [0.25, 0.3) is 0 Å². The van der Waals surface area contributed by atoms with Crippen molar-refractivity contribution in [2.75, 3.05) is 41.3 Å². The van der Waals surface area contributed by atoms with Gasteiger partial charge in [0.2, 0.25) is 0 Å². The van der Waals surface area contributed by atoms with Gasteiger partial charge in [-0.2, -0.15) is 10.5 Å². The highest BCUT2D eigenvalue weighted by atomic mass is 35.5. The van der Waals surface area contributed by atoms with E-state index in [1.54, 1.807) is 12.1 Å². The summed E-state index contributed by atoms with van der Waals surface area (Å²) in [5.74, 6) is -0.581. The van der Waals surface area contributed by atoms with Gasteiger partial charge in [-0.25, -0.2) is 8.78 Å². The molecule has 1 aliphatic heterocycles. The van der Waals surface area contributed by atoms with E-state index in [9.17, 15) is 19.3 Å². The van der Waals surface area contributed by atoms with Gasteiger partial charge in [-0.05, 0) is 115 Å². The van der Waals surface area contributed by atoms with E-state index in [4.69, 9.17) is 4.74 Å². The van der Waals surface area contributed by atoms with E-state index in [1.165, 1.54) is 24.3 Å². The van der Waals surface area contributed by atoms with Crippen LogP contribution in [0, 0.1) is 34.3 Å². The highest BCUT2D eigenvalue weighted by Crippen LogP contribution is 2.46. The fourth-order valence-corrected chi connectivity index (χ4v) is 6.60. The number of hydrogen-bond acceptors (Lipinski definition) is 4. The molecule has 8 heteroatoms. The lowest BCUT2D eigenvalue weighted by molar-refractivity contribution is -0.903. The van der Waals surface area contributed by atoms with Crippen LogP contribution in [0.1, 0.15) is 63.8 Å². The first-order valence-corrected chi connectivity index (χ1v) is 15.9. The van der Waals surface area contributed by atoms with Crippen molar-refractivity contribution in [3.8, 4) is 12.1 Å². The Morgan fingerprint density at radius 3 is 2.17 bits per heavy atom. The van der Waals surface area contributed by atoms with Gasteiger partial charge in [0.05, 0.1) is 50.5 Å². The number of quaternary nitrogens is 1. The molecule has 48 heavy (non-hydrogen) atoms. The maximum absolute atomic E-state index is 14.0. The standard InChI is InChI=1S/C40H41F2N4O.ClH/c1-45(2)21-5-7-37(31-10-14-35(41)15-11-31)38-18-8-29(25-43)23-32(38)27-46(3,4)22-6-20-40(34-12-16-36(42)17-13-34)39-19-9-30(26-44)24-33(39)28-47-40;/h7-19,23-24H,5-6,20-22,27-28H2,1-4H3;1H/q+1;/p-1/b37-7-;. The number of benzene rings is 4. The molecule has 248 valence electrons. The lowest BCUT2D eigenvalue weighted by Gasteiger charge is -2.34. The first-order chi connectivity index (χ1) is 22.5. The maximum atomic E-state index is 14.0. The molecule has 1 unspecified atom stereocenters. The number of ether oxygens (including phenoxy) is 1. The predicted molar refractivity (Wildman–Crippen MR) is 181 cm³/mol. The average molecular weight is 667 g/mol. The van der Waals surface area contributed by atoms with Gasteiger partial charge in [0.1, 0.15) is 23.8 Å². The first kappa shape index (κ1) is 36.5. The minimum absolute atomic E-state index is 0. The fraction of sp³-hybridized carbons (Fsp3) is 0.300. The summed E-state index contributed by atoms with van der Waals surface area (Å²) in [6.07, 6.45) is 4.51.